The Morgan fingerprint density at radius 3 is 1.39 bits per heavy atom. The van der Waals surface area contributed by atoms with Crippen molar-refractivity contribution in [3.63, 3.8) is 0 Å². The molecule has 0 radical (unpaired) electrons. The molecule has 0 amide bonds. The van der Waals surface area contributed by atoms with E-state index < -0.39 is 19.0 Å². The highest BCUT2D eigenvalue weighted by atomic mass is 35.6. The minimum Gasteiger partial charge on any atom is -0.349 e. The van der Waals surface area contributed by atoms with Crippen molar-refractivity contribution in [1.82, 2.24) is 10.6 Å². The van der Waals surface area contributed by atoms with E-state index in [0.29, 0.717) is 26.3 Å². The van der Waals surface area contributed by atoms with Crippen LogP contribution in [-0.4, -0.2) is 53.7 Å². The zero-order chi connectivity index (χ0) is 17.5. The first-order valence-corrected chi connectivity index (χ1v) is 10.0. The molecule has 2 rings (SSSR count). The molecule has 2 heterocycles. The highest BCUT2D eigenvalue weighted by Crippen LogP contribution is 2.48. The van der Waals surface area contributed by atoms with Crippen LogP contribution < -0.4 is 10.6 Å². The van der Waals surface area contributed by atoms with Gasteiger partial charge in [-0.25, -0.2) is 0 Å². The summed E-state index contributed by atoms with van der Waals surface area (Å²) in [7, 11) is 0. The van der Waals surface area contributed by atoms with Gasteiger partial charge in [0.05, 0.1) is 13.2 Å². The Morgan fingerprint density at radius 1 is 0.826 bits per heavy atom. The molecule has 0 aromatic heterocycles. The fourth-order valence-electron chi connectivity index (χ4n) is 2.05. The molecular weight excluding hydrogens is 489 g/mol. The van der Waals surface area contributed by atoms with Crippen LogP contribution in [0.15, 0.2) is 0 Å². The summed E-state index contributed by atoms with van der Waals surface area (Å²) in [5.41, 5.74) is -2.95. The van der Waals surface area contributed by atoms with Crippen molar-refractivity contribution in [1.29, 1.82) is 0 Å². The molecule has 4 nitrogen and oxygen atoms in total. The molecule has 0 aromatic rings. The van der Waals surface area contributed by atoms with Gasteiger partial charge in [-0.05, 0) is 0 Å². The zero-order valence-electron chi connectivity index (χ0n) is 11.1. The van der Waals surface area contributed by atoms with Crippen molar-refractivity contribution < 1.29 is 9.47 Å². The van der Waals surface area contributed by atoms with Gasteiger partial charge in [0, 0.05) is 13.1 Å². The summed E-state index contributed by atoms with van der Waals surface area (Å²) < 4.78 is 7.74. The Bertz CT molecular complexity index is 454. The highest BCUT2D eigenvalue weighted by molar-refractivity contribution is 8.38. The van der Waals surface area contributed by atoms with Crippen LogP contribution in [0, 0.1) is 0 Å². The van der Waals surface area contributed by atoms with Gasteiger partial charge in [-0.3, -0.25) is 10.6 Å². The molecular formula is C10H10Cl6N2O2S3. The fourth-order valence-corrected chi connectivity index (χ4v) is 6.27. The van der Waals surface area contributed by atoms with Crippen molar-refractivity contribution in [3.05, 3.63) is 0 Å². The van der Waals surface area contributed by atoms with E-state index in [9.17, 15) is 0 Å². The van der Waals surface area contributed by atoms with Crippen LogP contribution in [0.1, 0.15) is 0 Å². The second-order valence-corrected chi connectivity index (χ2v) is 11.5. The Balaban J connectivity index is 2.23. The van der Waals surface area contributed by atoms with E-state index in [4.69, 9.17) is 104 Å². The lowest BCUT2D eigenvalue weighted by Crippen LogP contribution is -2.60. The third-order valence-corrected chi connectivity index (χ3v) is 6.77. The molecule has 2 aliphatic rings. The van der Waals surface area contributed by atoms with E-state index >= 15 is 0 Å². The van der Waals surface area contributed by atoms with Gasteiger partial charge >= 0.3 is 0 Å². The van der Waals surface area contributed by atoms with Crippen LogP contribution in [-0.2, 0) is 9.47 Å². The summed E-state index contributed by atoms with van der Waals surface area (Å²) in [6.45, 7) is 1.58. The molecule has 0 aliphatic carbocycles. The molecule has 0 aromatic carbocycles. The van der Waals surface area contributed by atoms with Crippen molar-refractivity contribution in [2.24, 2.45) is 0 Å². The third-order valence-electron chi connectivity index (χ3n) is 3.15. The number of ether oxygens (including phenoxy) is 2. The number of halogens is 6. The van der Waals surface area contributed by atoms with E-state index in [1.165, 1.54) is 0 Å². The van der Waals surface area contributed by atoms with Gasteiger partial charge in [0.15, 0.2) is 0 Å². The van der Waals surface area contributed by atoms with Crippen LogP contribution in [0.2, 0.25) is 0 Å². The van der Waals surface area contributed by atoms with Crippen LogP contribution in [0.5, 0.6) is 0 Å². The normalized spacial score (nSPS) is 32.3. The first-order chi connectivity index (χ1) is 10.5. The summed E-state index contributed by atoms with van der Waals surface area (Å²) >= 11 is 47.9. The summed E-state index contributed by atoms with van der Waals surface area (Å²) in [5, 5.41) is 5.91. The fraction of sp³-hybridized carbons (Fsp3) is 0.800. The van der Waals surface area contributed by atoms with Crippen LogP contribution in [0.4, 0.5) is 0 Å². The molecule has 2 aliphatic heterocycles. The highest BCUT2D eigenvalue weighted by Gasteiger charge is 2.59. The SMILES string of the molecule is S=C(SC(=S)C1(C(Cl)(Cl)Cl)NCCO1)C1(C(Cl)(Cl)Cl)NCCO1. The molecule has 2 fully saturated rings. The first kappa shape index (κ1) is 21.4. The van der Waals surface area contributed by atoms with E-state index in [0.717, 1.165) is 11.8 Å². The molecule has 2 unspecified atom stereocenters. The van der Waals surface area contributed by atoms with E-state index in [1.807, 2.05) is 0 Å². The third kappa shape index (κ3) is 4.03. The molecule has 0 bridgehead atoms. The number of alkyl halides is 6. The quantitative estimate of drug-likeness (QED) is 0.444. The molecule has 132 valence electrons. The molecule has 0 spiro atoms. The Kier molecular flexibility index (Phi) is 7.09. The van der Waals surface area contributed by atoms with E-state index in [1.54, 1.807) is 0 Å². The van der Waals surface area contributed by atoms with Crippen LogP contribution >= 0.6 is 106 Å². The molecule has 0 saturated carbocycles. The van der Waals surface area contributed by atoms with Crippen LogP contribution in [0.3, 0.4) is 0 Å². The monoisotopic (exact) mass is 496 g/mol. The zero-order valence-corrected chi connectivity index (χ0v) is 18.1. The number of hydrogen-bond donors (Lipinski definition) is 2. The molecule has 2 saturated heterocycles. The topological polar surface area (TPSA) is 42.5 Å². The van der Waals surface area contributed by atoms with Gasteiger partial charge in [-0.15, -0.1) is 0 Å². The van der Waals surface area contributed by atoms with Gasteiger partial charge in [0.2, 0.25) is 19.0 Å². The summed E-state index contributed by atoms with van der Waals surface area (Å²) in [6, 6.07) is 0. The molecule has 2 atom stereocenters. The summed E-state index contributed by atoms with van der Waals surface area (Å²) in [5.74, 6) is 0. The largest absolute Gasteiger partial charge is 0.349 e. The maximum absolute atomic E-state index is 6.03. The Morgan fingerprint density at radius 2 is 1.17 bits per heavy atom. The second kappa shape index (κ2) is 7.62. The lowest BCUT2D eigenvalue weighted by atomic mass is 10.3. The maximum atomic E-state index is 6.03. The number of nitrogens with one attached hydrogen (secondary N) is 2. The standard InChI is InChI=1S/C10H10Cl6N2O2S3/c11-9(12,13)7(17-1-3-19-7)5(21)23-6(22)8(10(14,15)16)18-2-4-20-8/h17-18H,1-4H2. The smallest absolute Gasteiger partial charge is 0.238 e. The van der Waals surface area contributed by atoms with Gasteiger partial charge in [-0.1, -0.05) is 106 Å². The first-order valence-electron chi connectivity index (χ1n) is 6.14. The Hall–Kier alpha value is 2.11. The number of thiocarbonyl (C=S) groups is 2. The lowest BCUT2D eigenvalue weighted by molar-refractivity contribution is 0.0567. The van der Waals surface area contributed by atoms with Crippen LogP contribution in [0.25, 0.3) is 0 Å². The average molecular weight is 499 g/mol. The predicted molar refractivity (Wildman–Crippen MR) is 107 cm³/mol. The van der Waals surface area contributed by atoms with E-state index in [2.05, 4.69) is 10.6 Å². The number of thioether (sulfide) groups is 1. The van der Waals surface area contributed by atoms with Crippen molar-refractivity contribution in [2.45, 2.75) is 19.0 Å². The van der Waals surface area contributed by atoms with Gasteiger partial charge in [0.1, 0.15) is 8.39 Å². The van der Waals surface area contributed by atoms with Crippen molar-refractivity contribution >= 4 is 114 Å². The molecule has 13 heteroatoms. The second-order valence-electron chi connectivity index (χ2n) is 4.59. The number of hydrogen-bond acceptors (Lipinski definition) is 7. The molecule has 23 heavy (non-hydrogen) atoms. The van der Waals surface area contributed by atoms with Gasteiger partial charge in [0.25, 0.3) is 0 Å². The predicted octanol–water partition coefficient (Wildman–Crippen LogP) is 3.75. The van der Waals surface area contributed by atoms with Crippen molar-refractivity contribution in [2.75, 3.05) is 26.3 Å². The minimum atomic E-state index is -1.85. The van der Waals surface area contributed by atoms with Gasteiger partial charge < -0.3 is 9.47 Å². The summed E-state index contributed by atoms with van der Waals surface area (Å²) in [4.78, 5) is 0. The Labute approximate surface area is 178 Å². The van der Waals surface area contributed by atoms with E-state index in [-0.39, 0.29) is 8.39 Å². The average Bonchev–Trinajstić information content (AvgIpc) is 3.07. The molecule has 2 N–H and O–H groups in total. The summed E-state index contributed by atoms with van der Waals surface area (Å²) in [6.07, 6.45) is 0. The minimum absolute atomic E-state index is 0.158. The van der Waals surface area contributed by atoms with Crippen molar-refractivity contribution in [3.8, 4) is 0 Å². The number of rotatable bonds is 2. The van der Waals surface area contributed by atoms with Gasteiger partial charge in [-0.2, -0.15) is 0 Å². The lowest BCUT2D eigenvalue weighted by Gasteiger charge is -2.38. The maximum Gasteiger partial charge on any atom is 0.238 e.